The van der Waals surface area contributed by atoms with Crippen LogP contribution in [0.1, 0.15) is 10.4 Å². The van der Waals surface area contributed by atoms with Gasteiger partial charge in [0.05, 0.1) is 11.1 Å². The van der Waals surface area contributed by atoms with Crippen molar-refractivity contribution in [3.8, 4) is 0 Å². The van der Waals surface area contributed by atoms with Crippen LogP contribution in [-0.2, 0) is 0 Å². The van der Waals surface area contributed by atoms with Crippen LogP contribution < -0.4 is 4.90 Å². The molecular weight excluding hydrogens is 300 g/mol. The molecule has 5 nitrogen and oxygen atoms in total. The van der Waals surface area contributed by atoms with Crippen molar-refractivity contribution in [1.82, 2.24) is 14.9 Å². The van der Waals surface area contributed by atoms with Crippen LogP contribution in [0.15, 0.2) is 60.9 Å². The van der Waals surface area contributed by atoms with E-state index in [-0.39, 0.29) is 5.91 Å². The second-order valence-electron chi connectivity index (χ2n) is 5.84. The first-order valence-electron chi connectivity index (χ1n) is 8.12. The first kappa shape index (κ1) is 14.6. The average Bonchev–Trinajstić information content (AvgIpc) is 2.68. The first-order valence-corrected chi connectivity index (χ1v) is 8.12. The van der Waals surface area contributed by atoms with E-state index >= 15 is 0 Å². The van der Waals surface area contributed by atoms with Crippen LogP contribution in [0.25, 0.3) is 10.9 Å². The number of piperazine rings is 1. The van der Waals surface area contributed by atoms with E-state index < -0.39 is 0 Å². The lowest BCUT2D eigenvalue weighted by Crippen LogP contribution is -2.49. The van der Waals surface area contributed by atoms with Crippen molar-refractivity contribution in [2.75, 3.05) is 31.1 Å². The number of carbonyl (C=O) groups excluding carboxylic acids is 1. The molecule has 4 rings (SSSR count). The number of amides is 1. The lowest BCUT2D eigenvalue weighted by Gasteiger charge is -2.35. The second kappa shape index (κ2) is 6.28. The summed E-state index contributed by atoms with van der Waals surface area (Å²) in [4.78, 5) is 25.8. The molecule has 0 aliphatic carbocycles. The highest BCUT2D eigenvalue weighted by Crippen LogP contribution is 2.20. The topological polar surface area (TPSA) is 49.3 Å². The summed E-state index contributed by atoms with van der Waals surface area (Å²) in [5.41, 5.74) is 1.59. The summed E-state index contributed by atoms with van der Waals surface area (Å²) in [6, 6.07) is 15.5. The minimum atomic E-state index is 0.0780. The second-order valence-corrected chi connectivity index (χ2v) is 5.84. The Morgan fingerprint density at radius 3 is 2.42 bits per heavy atom. The molecule has 1 aromatic carbocycles. The summed E-state index contributed by atoms with van der Waals surface area (Å²) in [5, 5.41) is 0.914. The fourth-order valence-electron chi connectivity index (χ4n) is 3.13. The molecule has 0 N–H and O–H groups in total. The molecular formula is C19H18N4O. The van der Waals surface area contributed by atoms with Crippen LogP contribution >= 0.6 is 0 Å². The normalized spacial score (nSPS) is 14.8. The van der Waals surface area contributed by atoms with Gasteiger partial charge >= 0.3 is 0 Å². The fraction of sp³-hybridized carbons (Fsp3) is 0.211. The Labute approximate surface area is 140 Å². The van der Waals surface area contributed by atoms with Crippen molar-refractivity contribution in [3.05, 3.63) is 66.5 Å². The quantitative estimate of drug-likeness (QED) is 0.729. The number of carbonyl (C=O) groups is 1. The van der Waals surface area contributed by atoms with Crippen molar-refractivity contribution in [3.63, 3.8) is 0 Å². The van der Waals surface area contributed by atoms with Gasteiger partial charge in [0.15, 0.2) is 0 Å². The maximum Gasteiger partial charge on any atom is 0.254 e. The van der Waals surface area contributed by atoms with Crippen LogP contribution in [0, 0.1) is 0 Å². The minimum Gasteiger partial charge on any atom is -0.353 e. The van der Waals surface area contributed by atoms with Crippen LogP contribution in [0.2, 0.25) is 0 Å². The zero-order chi connectivity index (χ0) is 16.4. The molecule has 120 valence electrons. The average molecular weight is 318 g/mol. The maximum absolute atomic E-state index is 12.9. The summed E-state index contributed by atoms with van der Waals surface area (Å²) in [6.45, 7) is 3.00. The molecule has 3 heterocycles. The number of fused-ring (bicyclic) bond motifs is 1. The van der Waals surface area contributed by atoms with Gasteiger partial charge < -0.3 is 9.80 Å². The summed E-state index contributed by atoms with van der Waals surface area (Å²) in [7, 11) is 0. The summed E-state index contributed by atoms with van der Waals surface area (Å²) in [6.07, 6.45) is 3.51. The molecule has 1 saturated heterocycles. The molecule has 2 aromatic heterocycles. The number of hydrogen-bond donors (Lipinski definition) is 0. The summed E-state index contributed by atoms with van der Waals surface area (Å²) >= 11 is 0. The maximum atomic E-state index is 12.9. The molecule has 1 fully saturated rings. The number of hydrogen-bond acceptors (Lipinski definition) is 4. The van der Waals surface area contributed by atoms with Gasteiger partial charge in [0, 0.05) is 44.0 Å². The van der Waals surface area contributed by atoms with E-state index in [0.717, 1.165) is 35.4 Å². The highest BCUT2D eigenvalue weighted by atomic mass is 16.2. The molecule has 1 aliphatic heterocycles. The van der Waals surface area contributed by atoms with Gasteiger partial charge in [-0.1, -0.05) is 24.3 Å². The van der Waals surface area contributed by atoms with Crippen molar-refractivity contribution in [1.29, 1.82) is 0 Å². The zero-order valence-corrected chi connectivity index (χ0v) is 13.3. The number of rotatable bonds is 2. The molecule has 0 saturated carbocycles. The third-order valence-corrected chi connectivity index (χ3v) is 4.42. The number of para-hydroxylation sites is 1. The van der Waals surface area contributed by atoms with Gasteiger partial charge in [0.25, 0.3) is 5.91 Å². The van der Waals surface area contributed by atoms with Crippen LogP contribution in [-0.4, -0.2) is 47.0 Å². The van der Waals surface area contributed by atoms with E-state index in [0.29, 0.717) is 13.1 Å². The van der Waals surface area contributed by atoms with Crippen molar-refractivity contribution in [2.24, 2.45) is 0 Å². The van der Waals surface area contributed by atoms with Gasteiger partial charge in [-0.05, 0) is 24.3 Å². The molecule has 1 aliphatic rings. The Balaban J connectivity index is 1.52. The molecule has 0 spiro atoms. The number of nitrogens with zero attached hydrogens (tertiary/aromatic N) is 4. The van der Waals surface area contributed by atoms with Gasteiger partial charge in [-0.2, -0.15) is 0 Å². The van der Waals surface area contributed by atoms with Crippen LogP contribution in [0.3, 0.4) is 0 Å². The molecule has 0 unspecified atom stereocenters. The van der Waals surface area contributed by atoms with E-state index in [1.165, 1.54) is 0 Å². The zero-order valence-electron chi connectivity index (χ0n) is 13.3. The van der Waals surface area contributed by atoms with Gasteiger partial charge in [0.2, 0.25) is 0 Å². The Bertz CT molecular complexity index is 852. The molecule has 1 amide bonds. The van der Waals surface area contributed by atoms with Gasteiger partial charge in [-0.25, -0.2) is 4.98 Å². The molecule has 0 atom stereocenters. The van der Waals surface area contributed by atoms with Gasteiger partial charge in [0.1, 0.15) is 5.82 Å². The predicted octanol–water partition coefficient (Wildman–Crippen LogP) is 2.59. The standard InChI is InChI=1S/C19H18N4O/c24-19(16-8-10-20-17-6-2-1-5-15(16)17)23-13-11-22(12-14-23)18-7-3-4-9-21-18/h1-10H,11-14H2. The van der Waals surface area contributed by atoms with Gasteiger partial charge in [-0.3, -0.25) is 9.78 Å². The highest BCUT2D eigenvalue weighted by molar-refractivity contribution is 6.06. The smallest absolute Gasteiger partial charge is 0.254 e. The number of benzene rings is 1. The van der Waals surface area contributed by atoms with E-state index in [9.17, 15) is 4.79 Å². The number of aromatic nitrogens is 2. The highest BCUT2D eigenvalue weighted by Gasteiger charge is 2.23. The monoisotopic (exact) mass is 318 g/mol. The Kier molecular flexibility index (Phi) is 3.83. The van der Waals surface area contributed by atoms with E-state index in [4.69, 9.17) is 0 Å². The molecule has 5 heteroatoms. The van der Waals surface area contributed by atoms with Crippen molar-refractivity contribution < 1.29 is 4.79 Å². The fourth-order valence-corrected chi connectivity index (χ4v) is 3.13. The van der Waals surface area contributed by atoms with Crippen molar-refractivity contribution >= 4 is 22.6 Å². The summed E-state index contributed by atoms with van der Waals surface area (Å²) < 4.78 is 0. The Morgan fingerprint density at radius 2 is 1.62 bits per heavy atom. The lowest BCUT2D eigenvalue weighted by atomic mass is 10.1. The third-order valence-electron chi connectivity index (χ3n) is 4.42. The lowest BCUT2D eigenvalue weighted by molar-refractivity contribution is 0.0748. The number of anilines is 1. The molecule has 3 aromatic rings. The van der Waals surface area contributed by atoms with E-state index in [2.05, 4.69) is 14.9 Å². The third kappa shape index (κ3) is 2.69. The number of pyridine rings is 2. The predicted molar refractivity (Wildman–Crippen MR) is 94.1 cm³/mol. The first-order chi connectivity index (χ1) is 11.8. The van der Waals surface area contributed by atoms with E-state index in [1.807, 2.05) is 53.4 Å². The van der Waals surface area contributed by atoms with E-state index in [1.54, 1.807) is 12.4 Å². The summed E-state index contributed by atoms with van der Waals surface area (Å²) in [5.74, 6) is 1.05. The van der Waals surface area contributed by atoms with Crippen molar-refractivity contribution in [2.45, 2.75) is 0 Å². The molecule has 0 radical (unpaired) electrons. The van der Waals surface area contributed by atoms with Crippen LogP contribution in [0.5, 0.6) is 0 Å². The van der Waals surface area contributed by atoms with Gasteiger partial charge in [-0.15, -0.1) is 0 Å². The molecule has 0 bridgehead atoms. The minimum absolute atomic E-state index is 0.0780. The van der Waals surface area contributed by atoms with Crippen LogP contribution in [0.4, 0.5) is 5.82 Å². The SMILES string of the molecule is O=C(c1ccnc2ccccc12)N1CCN(c2ccccn2)CC1. The Morgan fingerprint density at radius 1 is 0.833 bits per heavy atom. The Hall–Kier alpha value is -2.95. The largest absolute Gasteiger partial charge is 0.353 e. The molecule has 24 heavy (non-hydrogen) atoms.